The topological polar surface area (TPSA) is 90.9 Å². The fourth-order valence-electron chi connectivity index (χ4n) is 3.87. The lowest BCUT2D eigenvalue weighted by atomic mass is 10.2. The molecule has 0 bridgehead atoms. The summed E-state index contributed by atoms with van der Waals surface area (Å²) in [6, 6.07) is 8.56. The van der Waals surface area contributed by atoms with Gasteiger partial charge in [-0.15, -0.1) is 0 Å². The molecule has 9 nitrogen and oxygen atoms in total. The van der Waals surface area contributed by atoms with Crippen molar-refractivity contribution in [2.24, 2.45) is 0 Å². The van der Waals surface area contributed by atoms with Gasteiger partial charge in [-0.1, -0.05) is 41.0 Å². The summed E-state index contributed by atoms with van der Waals surface area (Å²) < 4.78 is 5.29. The maximum atomic E-state index is 12.8. The van der Waals surface area contributed by atoms with Crippen LogP contribution in [0.4, 0.5) is 16.3 Å². The Morgan fingerprint density at radius 1 is 1.15 bits per heavy atom. The first-order chi connectivity index (χ1) is 16.4. The summed E-state index contributed by atoms with van der Waals surface area (Å²) >= 11 is 13.5. The van der Waals surface area contributed by atoms with Crippen LogP contribution in [0.1, 0.15) is 6.92 Å². The molecule has 182 valence electrons. The molecule has 1 N–H and O–H groups in total. The number of halogens is 2. The zero-order valence-corrected chi connectivity index (χ0v) is 21.1. The summed E-state index contributed by atoms with van der Waals surface area (Å²) in [6.07, 6.45) is 0. The number of carbonyl (C=O) groups is 2. The van der Waals surface area contributed by atoms with Crippen molar-refractivity contribution in [1.82, 2.24) is 19.8 Å². The first-order valence-electron chi connectivity index (χ1n) is 11.0. The molecule has 12 heteroatoms. The van der Waals surface area contributed by atoms with E-state index in [9.17, 15) is 9.59 Å². The van der Waals surface area contributed by atoms with Gasteiger partial charge in [-0.05, 0) is 25.1 Å². The Labute approximate surface area is 212 Å². The number of amides is 3. The van der Waals surface area contributed by atoms with E-state index in [1.165, 1.54) is 11.8 Å². The summed E-state index contributed by atoms with van der Waals surface area (Å²) in [5, 5.41) is 4.24. The van der Waals surface area contributed by atoms with E-state index in [1.807, 2.05) is 6.92 Å². The van der Waals surface area contributed by atoms with Gasteiger partial charge in [-0.2, -0.15) is 0 Å². The van der Waals surface area contributed by atoms with Crippen molar-refractivity contribution < 1.29 is 14.3 Å². The van der Waals surface area contributed by atoms with Gasteiger partial charge >= 0.3 is 6.03 Å². The van der Waals surface area contributed by atoms with Crippen molar-refractivity contribution in [2.75, 3.05) is 61.9 Å². The molecule has 1 unspecified atom stereocenters. The molecular weight excluding hydrogens is 499 g/mol. The molecule has 2 aliphatic rings. The number of thioether (sulfide) groups is 1. The number of benzene rings is 1. The first kappa shape index (κ1) is 24.8. The number of carbonyl (C=O) groups excluding carboxylic acids is 2. The van der Waals surface area contributed by atoms with Crippen LogP contribution in [0.5, 0.6) is 0 Å². The average Bonchev–Trinajstić information content (AvgIpc) is 2.82. The summed E-state index contributed by atoms with van der Waals surface area (Å²) in [7, 11) is 0. The van der Waals surface area contributed by atoms with E-state index >= 15 is 0 Å². The minimum Gasteiger partial charge on any atom is -0.378 e. The lowest BCUT2D eigenvalue weighted by Crippen LogP contribution is -2.55. The van der Waals surface area contributed by atoms with E-state index in [1.54, 1.807) is 40.1 Å². The molecule has 2 saturated heterocycles. The number of piperazine rings is 1. The number of anilines is 2. The van der Waals surface area contributed by atoms with Crippen molar-refractivity contribution in [3.05, 3.63) is 40.5 Å². The Hall–Kier alpha value is -2.27. The Bertz CT molecular complexity index is 1040. The average molecular weight is 525 g/mol. The summed E-state index contributed by atoms with van der Waals surface area (Å²) in [6.45, 7) is 6.04. The second-order valence-corrected chi connectivity index (χ2v) is 9.81. The molecule has 34 heavy (non-hydrogen) atoms. The molecule has 0 saturated carbocycles. The van der Waals surface area contributed by atoms with Crippen molar-refractivity contribution in [1.29, 1.82) is 0 Å². The van der Waals surface area contributed by atoms with Crippen molar-refractivity contribution in [3.63, 3.8) is 0 Å². The Balaban J connectivity index is 1.35. The van der Waals surface area contributed by atoms with Crippen LogP contribution in [0.3, 0.4) is 0 Å². The van der Waals surface area contributed by atoms with Crippen molar-refractivity contribution >= 4 is 58.4 Å². The molecule has 1 aromatic heterocycles. The van der Waals surface area contributed by atoms with Gasteiger partial charge in [0.1, 0.15) is 11.0 Å². The van der Waals surface area contributed by atoms with Crippen LogP contribution in [-0.4, -0.2) is 89.4 Å². The van der Waals surface area contributed by atoms with Crippen LogP contribution >= 0.6 is 35.0 Å². The van der Waals surface area contributed by atoms with E-state index in [2.05, 4.69) is 20.2 Å². The Morgan fingerprint density at radius 2 is 1.94 bits per heavy atom. The molecule has 2 fully saturated rings. The van der Waals surface area contributed by atoms with E-state index in [0.29, 0.717) is 72.8 Å². The van der Waals surface area contributed by atoms with Gasteiger partial charge < -0.3 is 24.8 Å². The van der Waals surface area contributed by atoms with Crippen LogP contribution in [0, 0.1) is 0 Å². The third-order valence-corrected chi connectivity index (χ3v) is 6.90. The third-order valence-electron chi connectivity index (χ3n) is 5.64. The second-order valence-electron chi connectivity index (χ2n) is 8.04. The van der Waals surface area contributed by atoms with E-state index in [0.717, 1.165) is 0 Å². The number of rotatable bonds is 5. The van der Waals surface area contributed by atoms with Gasteiger partial charge in [0.2, 0.25) is 5.91 Å². The number of nitrogens with one attached hydrogen (secondary N) is 1. The molecule has 0 spiro atoms. The number of ether oxygens (including phenoxy) is 1. The van der Waals surface area contributed by atoms with Gasteiger partial charge in [0, 0.05) is 55.5 Å². The minimum atomic E-state index is -0.173. The van der Waals surface area contributed by atoms with Gasteiger partial charge in [0.05, 0.1) is 19.0 Å². The Morgan fingerprint density at radius 3 is 2.68 bits per heavy atom. The van der Waals surface area contributed by atoms with Gasteiger partial charge in [0.15, 0.2) is 5.16 Å². The largest absolute Gasteiger partial charge is 0.378 e. The zero-order chi connectivity index (χ0) is 24.1. The highest BCUT2D eigenvalue weighted by Crippen LogP contribution is 2.25. The van der Waals surface area contributed by atoms with Crippen LogP contribution < -0.4 is 10.2 Å². The predicted molar refractivity (Wildman–Crippen MR) is 134 cm³/mol. The van der Waals surface area contributed by atoms with E-state index < -0.39 is 0 Å². The highest BCUT2D eigenvalue weighted by atomic mass is 35.5. The second kappa shape index (κ2) is 11.4. The number of hydrogen-bond acceptors (Lipinski definition) is 7. The number of morpholine rings is 1. The lowest BCUT2D eigenvalue weighted by Gasteiger charge is -2.40. The van der Waals surface area contributed by atoms with Crippen molar-refractivity contribution in [2.45, 2.75) is 18.1 Å². The summed E-state index contributed by atoms with van der Waals surface area (Å²) in [5.41, 5.74) is 0.656. The predicted octanol–water partition coefficient (Wildman–Crippen LogP) is 3.48. The molecule has 3 amide bonds. The highest BCUT2D eigenvalue weighted by molar-refractivity contribution is 7.99. The fraction of sp³-hybridized carbons (Fsp3) is 0.455. The smallest absolute Gasteiger partial charge is 0.322 e. The molecule has 2 aliphatic heterocycles. The number of urea groups is 1. The van der Waals surface area contributed by atoms with Crippen LogP contribution in [0.2, 0.25) is 10.2 Å². The zero-order valence-electron chi connectivity index (χ0n) is 18.7. The molecule has 3 heterocycles. The monoisotopic (exact) mass is 524 g/mol. The van der Waals surface area contributed by atoms with E-state index in [-0.39, 0.29) is 23.7 Å². The first-order valence-corrected chi connectivity index (χ1v) is 12.7. The number of nitrogens with zero attached hydrogens (tertiary/aromatic N) is 5. The summed E-state index contributed by atoms with van der Waals surface area (Å²) in [5.74, 6) is 0.961. The molecular formula is C22H26Cl2N6O3S. The minimum absolute atomic E-state index is 0.0337. The number of hydrogen-bond donors (Lipinski definition) is 1. The molecule has 0 aliphatic carbocycles. The van der Waals surface area contributed by atoms with Crippen LogP contribution in [-0.2, 0) is 9.53 Å². The third kappa shape index (κ3) is 6.44. The Kier molecular flexibility index (Phi) is 8.36. The maximum Gasteiger partial charge on any atom is 0.322 e. The van der Waals surface area contributed by atoms with Gasteiger partial charge in [-0.25, -0.2) is 14.8 Å². The molecule has 2 aromatic rings. The van der Waals surface area contributed by atoms with Gasteiger partial charge in [0.25, 0.3) is 0 Å². The molecule has 4 rings (SSSR count). The molecule has 1 atom stereocenters. The van der Waals surface area contributed by atoms with Crippen LogP contribution in [0.15, 0.2) is 35.5 Å². The normalized spacial score (nSPS) is 18.7. The number of aromatic nitrogens is 2. The molecule has 1 aromatic carbocycles. The van der Waals surface area contributed by atoms with Crippen LogP contribution in [0.25, 0.3) is 0 Å². The maximum absolute atomic E-state index is 12.8. The lowest BCUT2D eigenvalue weighted by molar-refractivity contribution is -0.132. The fourth-order valence-corrected chi connectivity index (χ4v) is 5.05. The SMILES string of the molecule is CC1CN(c2cc(Cl)nc(SCC(=O)N3CCOCC3)n2)CCN1C(=O)Nc1cccc(Cl)c1. The molecule has 0 radical (unpaired) electrons. The quantitative estimate of drug-likeness (QED) is 0.363. The van der Waals surface area contributed by atoms with E-state index in [4.69, 9.17) is 27.9 Å². The highest BCUT2D eigenvalue weighted by Gasteiger charge is 2.29. The van der Waals surface area contributed by atoms with Gasteiger partial charge in [-0.3, -0.25) is 4.79 Å². The van der Waals surface area contributed by atoms with Crippen molar-refractivity contribution in [3.8, 4) is 0 Å². The standard InChI is InChI=1S/C22H26Cl2N6O3S/c1-15-13-29(5-6-30(15)22(32)25-17-4-2-3-16(23)11-17)19-12-18(24)26-21(27-19)34-14-20(31)28-7-9-33-10-8-28/h2-4,11-12,15H,5-10,13-14H2,1H3,(H,25,32). The summed E-state index contributed by atoms with van der Waals surface area (Å²) in [4.78, 5) is 39.8.